The molecule has 1 aliphatic carbocycles. The largest absolute Gasteiger partial charge is 0.490 e. The van der Waals surface area contributed by atoms with Gasteiger partial charge in [0.2, 0.25) is 0 Å². The molecule has 1 aromatic carbocycles. The summed E-state index contributed by atoms with van der Waals surface area (Å²) < 4.78 is 6.95. The normalized spacial score (nSPS) is 14.7. The fourth-order valence-corrected chi connectivity index (χ4v) is 3.29. The van der Waals surface area contributed by atoms with E-state index in [1.54, 1.807) is 6.20 Å². The first kappa shape index (κ1) is 14.4. The zero-order chi connectivity index (χ0) is 13.9. The molecule has 1 heterocycles. The van der Waals surface area contributed by atoms with Crippen LogP contribution in [0.2, 0.25) is 5.02 Å². The van der Waals surface area contributed by atoms with E-state index in [0.717, 1.165) is 44.3 Å². The van der Waals surface area contributed by atoms with Gasteiger partial charge in [-0.3, -0.25) is 4.98 Å². The van der Waals surface area contributed by atoms with E-state index in [9.17, 15) is 0 Å². The van der Waals surface area contributed by atoms with E-state index in [4.69, 9.17) is 16.3 Å². The van der Waals surface area contributed by atoms with Gasteiger partial charge in [-0.25, -0.2) is 0 Å². The maximum absolute atomic E-state index is 6.25. The molecule has 1 N–H and O–H groups in total. The standard InChI is InChI=1S/C15H16ClIN2O/c16-12-9-13(17)15(14-11(12)3-1-6-19-14)20-8-2-7-18-10-4-5-10/h1,3,6,9-10,18H,2,4-5,7-8H2. The van der Waals surface area contributed by atoms with Gasteiger partial charge >= 0.3 is 0 Å². The monoisotopic (exact) mass is 402 g/mol. The lowest BCUT2D eigenvalue weighted by Crippen LogP contribution is -2.19. The molecule has 20 heavy (non-hydrogen) atoms. The third-order valence-electron chi connectivity index (χ3n) is 3.33. The van der Waals surface area contributed by atoms with Crippen molar-refractivity contribution in [3.05, 3.63) is 33.0 Å². The number of nitrogens with zero attached hydrogens (tertiary/aromatic N) is 1. The fraction of sp³-hybridized carbons (Fsp3) is 0.400. The van der Waals surface area contributed by atoms with Crippen LogP contribution in [0.25, 0.3) is 10.9 Å². The van der Waals surface area contributed by atoms with Gasteiger partial charge in [-0.2, -0.15) is 0 Å². The minimum absolute atomic E-state index is 0.697. The number of aromatic nitrogens is 1. The lowest BCUT2D eigenvalue weighted by molar-refractivity contribution is 0.309. The Bertz CT molecular complexity index is 616. The number of pyridine rings is 1. The Labute approximate surface area is 137 Å². The third-order valence-corrected chi connectivity index (χ3v) is 4.44. The number of halogens is 2. The summed E-state index contributed by atoms with van der Waals surface area (Å²) in [6.07, 6.45) is 5.43. The van der Waals surface area contributed by atoms with Crippen molar-refractivity contribution in [2.75, 3.05) is 13.2 Å². The number of benzene rings is 1. The number of rotatable bonds is 6. The Morgan fingerprint density at radius 3 is 3.10 bits per heavy atom. The summed E-state index contributed by atoms with van der Waals surface area (Å²) in [5.41, 5.74) is 0.847. The molecule has 0 aliphatic heterocycles. The molecule has 0 spiro atoms. The predicted octanol–water partition coefficient (Wildman–Crippen LogP) is 4.01. The molecule has 0 amide bonds. The minimum atomic E-state index is 0.697. The predicted molar refractivity (Wildman–Crippen MR) is 90.6 cm³/mol. The van der Waals surface area contributed by atoms with Gasteiger partial charge in [0.1, 0.15) is 5.52 Å². The summed E-state index contributed by atoms with van der Waals surface area (Å²) in [5.74, 6) is 0.844. The molecule has 2 aromatic rings. The zero-order valence-corrected chi connectivity index (χ0v) is 13.9. The summed E-state index contributed by atoms with van der Waals surface area (Å²) in [7, 11) is 0. The average Bonchev–Trinajstić information content (AvgIpc) is 3.26. The molecule has 0 atom stereocenters. The van der Waals surface area contributed by atoms with Gasteiger partial charge in [-0.1, -0.05) is 11.6 Å². The van der Waals surface area contributed by atoms with Crippen LogP contribution in [0.5, 0.6) is 5.75 Å². The highest BCUT2D eigenvalue weighted by atomic mass is 127. The van der Waals surface area contributed by atoms with Crippen molar-refractivity contribution in [1.82, 2.24) is 10.3 Å². The quantitative estimate of drug-likeness (QED) is 0.585. The van der Waals surface area contributed by atoms with Gasteiger partial charge in [0.15, 0.2) is 5.75 Å². The smallest absolute Gasteiger partial charge is 0.158 e. The molecule has 5 heteroatoms. The lowest BCUT2D eigenvalue weighted by Gasteiger charge is -2.12. The second kappa shape index (κ2) is 6.45. The molecule has 1 aromatic heterocycles. The Morgan fingerprint density at radius 1 is 1.45 bits per heavy atom. The molecule has 3 rings (SSSR count). The van der Waals surface area contributed by atoms with E-state index < -0.39 is 0 Å². The summed E-state index contributed by atoms with van der Waals surface area (Å²) in [6, 6.07) is 6.56. The molecule has 0 bridgehead atoms. The topological polar surface area (TPSA) is 34.1 Å². The minimum Gasteiger partial charge on any atom is -0.490 e. The zero-order valence-electron chi connectivity index (χ0n) is 11.0. The van der Waals surface area contributed by atoms with E-state index in [-0.39, 0.29) is 0 Å². The first-order valence-corrected chi connectivity index (χ1v) is 8.30. The summed E-state index contributed by atoms with van der Waals surface area (Å²) in [6.45, 7) is 1.71. The number of nitrogens with one attached hydrogen (secondary N) is 1. The van der Waals surface area contributed by atoms with Crippen molar-refractivity contribution in [3.63, 3.8) is 0 Å². The van der Waals surface area contributed by atoms with Crippen molar-refractivity contribution in [2.24, 2.45) is 0 Å². The molecule has 0 saturated heterocycles. The number of hydrogen-bond donors (Lipinski definition) is 1. The van der Waals surface area contributed by atoms with Crippen molar-refractivity contribution in [3.8, 4) is 5.75 Å². The first-order chi connectivity index (χ1) is 9.75. The summed E-state index contributed by atoms with van der Waals surface area (Å²) in [4.78, 5) is 4.41. The first-order valence-electron chi connectivity index (χ1n) is 6.84. The van der Waals surface area contributed by atoms with Crippen LogP contribution in [0.15, 0.2) is 24.4 Å². The maximum atomic E-state index is 6.25. The number of hydrogen-bond acceptors (Lipinski definition) is 3. The van der Waals surface area contributed by atoms with E-state index in [1.807, 2.05) is 18.2 Å². The summed E-state index contributed by atoms with van der Waals surface area (Å²) in [5, 5.41) is 5.15. The number of ether oxygens (including phenoxy) is 1. The van der Waals surface area contributed by atoms with Crippen LogP contribution < -0.4 is 10.1 Å². The average molecular weight is 403 g/mol. The highest BCUT2D eigenvalue weighted by Crippen LogP contribution is 2.34. The van der Waals surface area contributed by atoms with Gasteiger partial charge < -0.3 is 10.1 Å². The molecule has 3 nitrogen and oxygen atoms in total. The van der Waals surface area contributed by atoms with Gasteiger partial charge in [-0.05, 0) is 66.6 Å². The van der Waals surface area contributed by atoms with Gasteiger partial charge in [0.05, 0.1) is 15.2 Å². The highest BCUT2D eigenvalue weighted by Gasteiger charge is 2.19. The third kappa shape index (κ3) is 3.35. The maximum Gasteiger partial charge on any atom is 0.158 e. The van der Waals surface area contributed by atoms with E-state index >= 15 is 0 Å². The Balaban J connectivity index is 1.69. The van der Waals surface area contributed by atoms with Crippen LogP contribution in [-0.4, -0.2) is 24.2 Å². The molecular weight excluding hydrogens is 387 g/mol. The van der Waals surface area contributed by atoms with Crippen molar-refractivity contribution in [1.29, 1.82) is 0 Å². The van der Waals surface area contributed by atoms with Crippen molar-refractivity contribution >= 4 is 45.1 Å². The van der Waals surface area contributed by atoms with Crippen molar-refractivity contribution in [2.45, 2.75) is 25.3 Å². The van der Waals surface area contributed by atoms with Gasteiger partial charge in [0.25, 0.3) is 0 Å². The second-order valence-corrected chi connectivity index (χ2v) is 6.57. The van der Waals surface area contributed by atoms with Crippen LogP contribution in [-0.2, 0) is 0 Å². The van der Waals surface area contributed by atoms with E-state index in [1.165, 1.54) is 12.8 Å². The number of fused-ring (bicyclic) bond motifs is 1. The van der Waals surface area contributed by atoms with E-state index in [2.05, 4.69) is 32.9 Å². The Morgan fingerprint density at radius 2 is 2.30 bits per heavy atom. The molecule has 1 saturated carbocycles. The molecule has 1 fully saturated rings. The Kier molecular flexibility index (Phi) is 4.63. The SMILES string of the molecule is Clc1cc(I)c(OCCCNC2CC2)c2ncccc12. The molecule has 0 unspecified atom stereocenters. The van der Waals surface area contributed by atoms with Crippen LogP contribution in [0, 0.1) is 3.57 Å². The molecular formula is C15H16ClIN2O. The lowest BCUT2D eigenvalue weighted by atomic mass is 10.2. The van der Waals surface area contributed by atoms with Crippen LogP contribution in [0.4, 0.5) is 0 Å². The van der Waals surface area contributed by atoms with Crippen molar-refractivity contribution < 1.29 is 4.74 Å². The van der Waals surface area contributed by atoms with Crippen LogP contribution >= 0.6 is 34.2 Å². The summed E-state index contributed by atoms with van der Waals surface area (Å²) >= 11 is 8.50. The van der Waals surface area contributed by atoms with Crippen LogP contribution in [0.1, 0.15) is 19.3 Å². The molecule has 1 aliphatic rings. The molecule has 0 radical (unpaired) electrons. The van der Waals surface area contributed by atoms with Gasteiger partial charge in [-0.15, -0.1) is 0 Å². The van der Waals surface area contributed by atoms with Gasteiger partial charge in [0, 0.05) is 17.6 Å². The fourth-order valence-electron chi connectivity index (χ4n) is 2.12. The molecule has 106 valence electrons. The van der Waals surface area contributed by atoms with Crippen LogP contribution in [0.3, 0.4) is 0 Å². The van der Waals surface area contributed by atoms with E-state index in [0.29, 0.717) is 6.61 Å². The second-order valence-electron chi connectivity index (χ2n) is 5.00. The highest BCUT2D eigenvalue weighted by molar-refractivity contribution is 14.1. The Hall–Kier alpha value is -0.590.